The molecule has 0 aliphatic carbocycles. The summed E-state index contributed by atoms with van der Waals surface area (Å²) < 4.78 is 5.53. The van der Waals surface area contributed by atoms with E-state index in [0.717, 1.165) is 19.6 Å². The van der Waals surface area contributed by atoms with E-state index < -0.39 is 0 Å². The summed E-state index contributed by atoms with van der Waals surface area (Å²) in [6, 6.07) is 5.87. The highest BCUT2D eigenvalue weighted by molar-refractivity contribution is 6.33. The van der Waals surface area contributed by atoms with Crippen LogP contribution in [0.15, 0.2) is 18.2 Å². The molecule has 2 rings (SSSR count). The van der Waals surface area contributed by atoms with Crippen molar-refractivity contribution in [1.82, 2.24) is 4.90 Å². The first kappa shape index (κ1) is 13.7. The second kappa shape index (κ2) is 5.91. The number of anilines is 1. The summed E-state index contributed by atoms with van der Waals surface area (Å²) in [5.74, 6) is 0.640. The van der Waals surface area contributed by atoms with Crippen LogP contribution in [0.5, 0.6) is 0 Å². The summed E-state index contributed by atoms with van der Waals surface area (Å²) in [5.41, 5.74) is 7.69. The Morgan fingerprint density at radius 1 is 1.50 bits per heavy atom. The normalized spacial score (nSPS) is 25.3. The van der Waals surface area contributed by atoms with E-state index in [4.69, 9.17) is 22.1 Å². The van der Waals surface area contributed by atoms with Gasteiger partial charge in [-0.25, -0.2) is 0 Å². The number of likely N-dealkylation sites (tertiary alicyclic amines) is 1. The second-order valence-electron chi connectivity index (χ2n) is 5.13. The summed E-state index contributed by atoms with van der Waals surface area (Å²) >= 11 is 5.93. The Balaban J connectivity index is 1.99. The summed E-state index contributed by atoms with van der Waals surface area (Å²) in [4.78, 5) is 2.41. The molecular formula is C14H21ClN2O. The van der Waals surface area contributed by atoms with Crippen molar-refractivity contribution in [3.63, 3.8) is 0 Å². The van der Waals surface area contributed by atoms with Crippen LogP contribution < -0.4 is 5.73 Å². The number of nitrogens with two attached hydrogens (primary N) is 1. The van der Waals surface area contributed by atoms with Gasteiger partial charge in [0.2, 0.25) is 0 Å². The van der Waals surface area contributed by atoms with E-state index in [0.29, 0.717) is 22.7 Å². The van der Waals surface area contributed by atoms with Crippen LogP contribution in [0, 0.1) is 5.92 Å². The molecule has 1 aromatic rings. The third-order valence-electron chi connectivity index (χ3n) is 3.74. The molecular weight excluding hydrogens is 248 g/mol. The zero-order chi connectivity index (χ0) is 13.1. The van der Waals surface area contributed by atoms with E-state index >= 15 is 0 Å². The van der Waals surface area contributed by atoms with Crippen LogP contribution in [0.3, 0.4) is 0 Å². The molecule has 2 atom stereocenters. The summed E-state index contributed by atoms with van der Waals surface area (Å²) in [6.45, 7) is 5.27. The minimum absolute atomic E-state index is 0.336. The molecule has 0 saturated carbocycles. The largest absolute Gasteiger partial charge is 0.398 e. The van der Waals surface area contributed by atoms with Crippen molar-refractivity contribution in [2.24, 2.45) is 5.92 Å². The van der Waals surface area contributed by atoms with Crippen molar-refractivity contribution in [2.75, 3.05) is 25.9 Å². The number of rotatable bonds is 3. The molecule has 1 saturated heterocycles. The lowest BCUT2D eigenvalue weighted by molar-refractivity contribution is -0.00744. The highest BCUT2D eigenvalue weighted by Crippen LogP contribution is 2.23. The van der Waals surface area contributed by atoms with Crippen molar-refractivity contribution in [3.8, 4) is 0 Å². The number of methoxy groups -OCH3 is 1. The van der Waals surface area contributed by atoms with Gasteiger partial charge in [0, 0.05) is 20.2 Å². The third kappa shape index (κ3) is 3.16. The number of ether oxygens (including phenoxy) is 1. The van der Waals surface area contributed by atoms with E-state index in [1.54, 1.807) is 7.11 Å². The van der Waals surface area contributed by atoms with E-state index in [9.17, 15) is 0 Å². The number of nitrogen functional groups attached to an aromatic ring is 1. The summed E-state index contributed by atoms with van der Waals surface area (Å²) in [6.07, 6.45) is 1.52. The van der Waals surface area contributed by atoms with Crippen molar-refractivity contribution in [2.45, 2.75) is 26.0 Å². The van der Waals surface area contributed by atoms with E-state index in [1.807, 2.05) is 18.2 Å². The number of nitrogens with zero attached hydrogens (tertiary/aromatic N) is 1. The molecule has 2 N–H and O–H groups in total. The second-order valence-corrected chi connectivity index (χ2v) is 5.54. The number of halogens is 1. The molecule has 0 radical (unpaired) electrons. The fourth-order valence-corrected chi connectivity index (χ4v) is 2.62. The van der Waals surface area contributed by atoms with Crippen molar-refractivity contribution in [3.05, 3.63) is 28.8 Å². The molecule has 0 spiro atoms. The van der Waals surface area contributed by atoms with E-state index in [1.165, 1.54) is 12.0 Å². The zero-order valence-corrected chi connectivity index (χ0v) is 11.8. The van der Waals surface area contributed by atoms with Gasteiger partial charge in [-0.3, -0.25) is 4.90 Å². The van der Waals surface area contributed by atoms with Crippen LogP contribution in [0.4, 0.5) is 5.69 Å². The number of piperidine rings is 1. The van der Waals surface area contributed by atoms with Gasteiger partial charge in [-0.05, 0) is 36.6 Å². The number of hydrogen-bond acceptors (Lipinski definition) is 3. The van der Waals surface area contributed by atoms with Crippen LogP contribution >= 0.6 is 11.6 Å². The Hall–Kier alpha value is -0.770. The lowest BCUT2D eigenvalue weighted by Gasteiger charge is -2.36. The molecule has 1 heterocycles. The smallest absolute Gasteiger partial charge is 0.0724 e. The van der Waals surface area contributed by atoms with Crippen molar-refractivity contribution < 1.29 is 4.74 Å². The van der Waals surface area contributed by atoms with Gasteiger partial charge in [0.25, 0.3) is 0 Å². The fraction of sp³-hybridized carbons (Fsp3) is 0.571. The van der Waals surface area contributed by atoms with Gasteiger partial charge in [-0.1, -0.05) is 24.6 Å². The van der Waals surface area contributed by atoms with Gasteiger partial charge < -0.3 is 10.5 Å². The summed E-state index contributed by atoms with van der Waals surface area (Å²) in [7, 11) is 1.80. The average molecular weight is 269 g/mol. The van der Waals surface area contributed by atoms with E-state index in [2.05, 4.69) is 11.8 Å². The molecule has 3 nitrogen and oxygen atoms in total. The molecule has 4 heteroatoms. The van der Waals surface area contributed by atoms with Gasteiger partial charge >= 0.3 is 0 Å². The highest BCUT2D eigenvalue weighted by atomic mass is 35.5. The topological polar surface area (TPSA) is 38.5 Å². The molecule has 1 aliphatic rings. The lowest BCUT2D eigenvalue weighted by Crippen LogP contribution is -2.43. The highest BCUT2D eigenvalue weighted by Gasteiger charge is 2.25. The quantitative estimate of drug-likeness (QED) is 0.857. The number of hydrogen-bond donors (Lipinski definition) is 1. The van der Waals surface area contributed by atoms with Crippen molar-refractivity contribution >= 4 is 17.3 Å². The average Bonchev–Trinajstić information content (AvgIpc) is 2.36. The molecule has 0 aromatic heterocycles. The maximum Gasteiger partial charge on any atom is 0.0724 e. The molecule has 2 unspecified atom stereocenters. The summed E-state index contributed by atoms with van der Waals surface area (Å²) in [5, 5.41) is 0.626. The monoisotopic (exact) mass is 268 g/mol. The van der Waals surface area contributed by atoms with Crippen molar-refractivity contribution in [1.29, 1.82) is 0 Å². The van der Waals surface area contributed by atoms with Gasteiger partial charge in [0.15, 0.2) is 0 Å². The van der Waals surface area contributed by atoms with Crippen LogP contribution in [0.1, 0.15) is 18.9 Å². The van der Waals surface area contributed by atoms with Gasteiger partial charge in [-0.15, -0.1) is 0 Å². The third-order valence-corrected chi connectivity index (χ3v) is 4.09. The molecule has 0 amide bonds. The van der Waals surface area contributed by atoms with E-state index in [-0.39, 0.29) is 0 Å². The maximum absolute atomic E-state index is 5.93. The maximum atomic E-state index is 5.93. The van der Waals surface area contributed by atoms with Crippen LogP contribution in [0.2, 0.25) is 5.02 Å². The first-order valence-corrected chi connectivity index (χ1v) is 6.77. The number of benzene rings is 1. The fourth-order valence-electron chi connectivity index (χ4n) is 2.50. The standard InChI is InChI=1S/C14H21ClN2O/c1-10-5-6-17(9-14(10)18-2)8-11-3-4-12(15)13(16)7-11/h3-4,7,10,14H,5-6,8-9,16H2,1-2H3. The predicted molar refractivity (Wildman–Crippen MR) is 75.7 cm³/mol. The SMILES string of the molecule is COC1CN(Cc2ccc(Cl)c(N)c2)CCC1C. The first-order valence-electron chi connectivity index (χ1n) is 6.39. The molecule has 18 heavy (non-hydrogen) atoms. The minimum atomic E-state index is 0.336. The van der Waals surface area contributed by atoms with Gasteiger partial charge in [0.1, 0.15) is 0 Å². The first-order chi connectivity index (χ1) is 8.60. The molecule has 100 valence electrons. The Kier molecular flexibility index (Phi) is 4.49. The van der Waals surface area contributed by atoms with Crippen LogP contribution in [0.25, 0.3) is 0 Å². The van der Waals surface area contributed by atoms with Gasteiger partial charge in [0.05, 0.1) is 16.8 Å². The Morgan fingerprint density at radius 3 is 2.94 bits per heavy atom. The van der Waals surface area contributed by atoms with Crippen LogP contribution in [-0.4, -0.2) is 31.2 Å². The Bertz CT molecular complexity index is 411. The Morgan fingerprint density at radius 2 is 2.28 bits per heavy atom. The predicted octanol–water partition coefficient (Wildman–Crippen LogP) is 2.78. The molecule has 1 fully saturated rings. The zero-order valence-electron chi connectivity index (χ0n) is 11.0. The Labute approximate surface area is 114 Å². The molecule has 1 aliphatic heterocycles. The lowest BCUT2D eigenvalue weighted by atomic mass is 9.95. The molecule has 0 bridgehead atoms. The minimum Gasteiger partial charge on any atom is -0.398 e. The van der Waals surface area contributed by atoms with Crippen LogP contribution in [-0.2, 0) is 11.3 Å². The van der Waals surface area contributed by atoms with Gasteiger partial charge in [-0.2, -0.15) is 0 Å². The molecule has 1 aromatic carbocycles.